The van der Waals surface area contributed by atoms with Crippen LogP contribution in [-0.4, -0.2) is 19.0 Å². The molecule has 0 atom stereocenters. The van der Waals surface area contributed by atoms with Crippen molar-refractivity contribution < 1.29 is 14.3 Å². The van der Waals surface area contributed by atoms with Crippen molar-refractivity contribution in [2.24, 2.45) is 0 Å². The van der Waals surface area contributed by atoms with Crippen molar-refractivity contribution in [3.63, 3.8) is 0 Å². The van der Waals surface area contributed by atoms with Crippen LogP contribution in [0.2, 0.25) is 0 Å². The van der Waals surface area contributed by atoms with Crippen molar-refractivity contribution >= 4 is 5.78 Å². The van der Waals surface area contributed by atoms with E-state index in [1.54, 1.807) is 7.11 Å². The molecule has 0 spiro atoms. The number of hydrogen-bond acceptors (Lipinski definition) is 4. The number of Topliss-reactive ketones (excluding diaryl/α,β-unsaturated/α-hetero) is 1. The Kier molecular flexibility index (Phi) is 6.87. The van der Waals surface area contributed by atoms with Gasteiger partial charge in [-0.2, -0.15) is 5.26 Å². The summed E-state index contributed by atoms with van der Waals surface area (Å²) in [7, 11) is 1.63. The van der Waals surface area contributed by atoms with E-state index in [0.29, 0.717) is 31.4 Å². The number of ether oxygens (including phenoxy) is 2. The number of nitriles is 1. The maximum absolute atomic E-state index is 11.5. The number of carbonyl (C=O) groups excluding carboxylic acids is 1. The number of methoxy groups -OCH3 is 1. The number of carbonyl (C=O) groups is 1. The highest BCUT2D eigenvalue weighted by molar-refractivity contribution is 5.80. The van der Waals surface area contributed by atoms with Crippen LogP contribution >= 0.6 is 0 Å². The second-order valence-corrected chi connectivity index (χ2v) is 6.62. The molecule has 0 saturated heterocycles. The highest BCUT2D eigenvalue weighted by Gasteiger charge is 2.37. The van der Waals surface area contributed by atoms with Gasteiger partial charge in [0.2, 0.25) is 0 Å². The summed E-state index contributed by atoms with van der Waals surface area (Å²) < 4.78 is 11.6. The standard InChI is InChI=1S/C19H23NO3.C2H6/c1-22-17-7-6-14(12-18(17)23-16-4-2-3-5-16)19(13-20)10-8-15(21)9-11-19;1-2/h6-7,12,16H,2-5,8-11H2,1H3;1-2H3. The van der Waals surface area contributed by atoms with Gasteiger partial charge in [-0.1, -0.05) is 19.9 Å². The molecule has 1 aromatic rings. The van der Waals surface area contributed by atoms with Crippen molar-refractivity contribution in [1.82, 2.24) is 0 Å². The Morgan fingerprint density at radius 1 is 1.12 bits per heavy atom. The molecule has 0 heterocycles. The topological polar surface area (TPSA) is 59.3 Å². The van der Waals surface area contributed by atoms with Crippen molar-refractivity contribution in [3.05, 3.63) is 23.8 Å². The zero-order chi connectivity index (χ0) is 18.3. The van der Waals surface area contributed by atoms with E-state index in [0.717, 1.165) is 24.2 Å². The van der Waals surface area contributed by atoms with Crippen LogP contribution in [0.25, 0.3) is 0 Å². The molecule has 4 heteroatoms. The maximum Gasteiger partial charge on any atom is 0.161 e. The van der Waals surface area contributed by atoms with Gasteiger partial charge in [0.1, 0.15) is 5.78 Å². The Labute approximate surface area is 151 Å². The van der Waals surface area contributed by atoms with Crippen LogP contribution in [0, 0.1) is 11.3 Å². The largest absolute Gasteiger partial charge is 0.493 e. The lowest BCUT2D eigenvalue weighted by Crippen LogP contribution is -2.30. The molecule has 2 aliphatic rings. The van der Waals surface area contributed by atoms with Crippen molar-refractivity contribution in [1.29, 1.82) is 5.26 Å². The summed E-state index contributed by atoms with van der Waals surface area (Å²) in [5.74, 6) is 1.69. The van der Waals surface area contributed by atoms with Gasteiger partial charge in [-0.15, -0.1) is 0 Å². The molecule has 0 amide bonds. The molecule has 2 saturated carbocycles. The Bertz CT molecular complexity index is 617. The van der Waals surface area contributed by atoms with E-state index in [1.807, 2.05) is 32.0 Å². The molecule has 1 aromatic carbocycles. The highest BCUT2D eigenvalue weighted by Crippen LogP contribution is 2.41. The zero-order valence-corrected chi connectivity index (χ0v) is 15.6. The van der Waals surface area contributed by atoms with Gasteiger partial charge in [0.05, 0.1) is 24.7 Å². The predicted octanol–water partition coefficient (Wildman–Crippen LogP) is 4.95. The minimum Gasteiger partial charge on any atom is -0.493 e. The number of nitrogens with zero attached hydrogens (tertiary/aromatic N) is 1. The summed E-state index contributed by atoms with van der Waals surface area (Å²) in [5.41, 5.74) is 0.370. The summed E-state index contributed by atoms with van der Waals surface area (Å²) in [6.07, 6.45) is 6.96. The summed E-state index contributed by atoms with van der Waals surface area (Å²) in [5, 5.41) is 9.75. The second-order valence-electron chi connectivity index (χ2n) is 6.62. The lowest BCUT2D eigenvalue weighted by Gasteiger charge is -2.31. The van der Waals surface area contributed by atoms with E-state index in [4.69, 9.17) is 9.47 Å². The third kappa shape index (κ3) is 4.34. The Morgan fingerprint density at radius 2 is 1.76 bits per heavy atom. The van der Waals surface area contributed by atoms with Crippen molar-refractivity contribution in [3.8, 4) is 17.6 Å². The molecule has 136 valence electrons. The Hall–Kier alpha value is -2.02. The molecule has 0 aliphatic heterocycles. The van der Waals surface area contributed by atoms with Gasteiger partial charge in [-0.25, -0.2) is 0 Å². The van der Waals surface area contributed by atoms with Crippen LogP contribution in [0.1, 0.15) is 70.8 Å². The van der Waals surface area contributed by atoms with Crippen LogP contribution in [0.15, 0.2) is 18.2 Å². The number of ketones is 1. The third-order valence-corrected chi connectivity index (χ3v) is 5.19. The molecule has 25 heavy (non-hydrogen) atoms. The molecule has 0 aromatic heterocycles. The smallest absolute Gasteiger partial charge is 0.161 e. The summed E-state index contributed by atoms with van der Waals surface area (Å²) in [6.45, 7) is 4.00. The predicted molar refractivity (Wildman–Crippen MR) is 98.0 cm³/mol. The molecule has 0 unspecified atom stereocenters. The van der Waals surface area contributed by atoms with E-state index in [1.165, 1.54) is 12.8 Å². The van der Waals surface area contributed by atoms with E-state index >= 15 is 0 Å². The van der Waals surface area contributed by atoms with Gasteiger partial charge >= 0.3 is 0 Å². The summed E-state index contributed by atoms with van der Waals surface area (Å²) in [6, 6.07) is 8.25. The SMILES string of the molecule is CC.COc1ccc(C2(C#N)CCC(=O)CC2)cc1OC1CCCC1. The average Bonchev–Trinajstić information content (AvgIpc) is 3.17. The van der Waals surface area contributed by atoms with Crippen molar-refractivity contribution in [2.75, 3.05) is 7.11 Å². The van der Waals surface area contributed by atoms with Gasteiger partial charge in [-0.05, 0) is 56.2 Å². The molecule has 0 bridgehead atoms. The third-order valence-electron chi connectivity index (χ3n) is 5.19. The van der Waals surface area contributed by atoms with Gasteiger partial charge in [0.15, 0.2) is 11.5 Å². The minimum absolute atomic E-state index is 0.241. The van der Waals surface area contributed by atoms with Gasteiger partial charge < -0.3 is 9.47 Å². The molecular formula is C21H29NO3. The summed E-state index contributed by atoms with van der Waals surface area (Å²) >= 11 is 0. The molecular weight excluding hydrogens is 314 g/mol. The first kappa shape index (κ1) is 19.3. The fourth-order valence-corrected chi connectivity index (χ4v) is 3.67. The minimum atomic E-state index is -0.575. The van der Waals surface area contributed by atoms with Gasteiger partial charge in [0.25, 0.3) is 0 Å². The van der Waals surface area contributed by atoms with Gasteiger partial charge in [-0.3, -0.25) is 4.79 Å². The molecule has 2 aliphatic carbocycles. The van der Waals surface area contributed by atoms with E-state index in [9.17, 15) is 10.1 Å². The second kappa shape index (κ2) is 8.89. The van der Waals surface area contributed by atoms with Crippen LogP contribution in [0.5, 0.6) is 11.5 Å². The molecule has 3 rings (SSSR count). The summed E-state index contributed by atoms with van der Waals surface area (Å²) in [4.78, 5) is 11.5. The first-order valence-corrected chi connectivity index (χ1v) is 9.45. The molecule has 0 radical (unpaired) electrons. The lowest BCUT2D eigenvalue weighted by atomic mass is 9.70. The first-order chi connectivity index (χ1) is 12.2. The van der Waals surface area contributed by atoms with Crippen LogP contribution in [0.3, 0.4) is 0 Å². The quantitative estimate of drug-likeness (QED) is 0.776. The lowest BCUT2D eigenvalue weighted by molar-refractivity contribution is -0.120. The van der Waals surface area contributed by atoms with Gasteiger partial charge in [0, 0.05) is 12.8 Å². The number of rotatable bonds is 4. The monoisotopic (exact) mass is 343 g/mol. The maximum atomic E-state index is 11.5. The van der Waals surface area contributed by atoms with E-state index in [-0.39, 0.29) is 11.9 Å². The number of hydrogen-bond donors (Lipinski definition) is 0. The average molecular weight is 343 g/mol. The van der Waals surface area contributed by atoms with Crippen LogP contribution < -0.4 is 9.47 Å². The van der Waals surface area contributed by atoms with Crippen LogP contribution in [0.4, 0.5) is 0 Å². The Morgan fingerprint density at radius 3 is 2.32 bits per heavy atom. The Balaban J connectivity index is 0.00000109. The highest BCUT2D eigenvalue weighted by atomic mass is 16.5. The number of benzene rings is 1. The molecule has 4 nitrogen and oxygen atoms in total. The molecule has 2 fully saturated rings. The van der Waals surface area contributed by atoms with Crippen LogP contribution in [-0.2, 0) is 10.2 Å². The first-order valence-electron chi connectivity index (χ1n) is 9.45. The normalized spacial score (nSPS) is 19.5. The zero-order valence-electron chi connectivity index (χ0n) is 15.6. The fourth-order valence-electron chi connectivity index (χ4n) is 3.67. The van der Waals surface area contributed by atoms with E-state index in [2.05, 4.69) is 6.07 Å². The fraction of sp³-hybridized carbons (Fsp3) is 0.619. The molecule has 0 N–H and O–H groups in total. The van der Waals surface area contributed by atoms with E-state index < -0.39 is 5.41 Å². The van der Waals surface area contributed by atoms with Crippen molar-refractivity contribution in [2.45, 2.75) is 76.7 Å².